The fourth-order valence-electron chi connectivity index (χ4n) is 3.36. The predicted molar refractivity (Wildman–Crippen MR) is 89.6 cm³/mol. The van der Waals surface area contributed by atoms with Crippen LogP contribution in [0.3, 0.4) is 0 Å². The maximum absolute atomic E-state index is 13.0. The van der Waals surface area contributed by atoms with Crippen LogP contribution in [0, 0.1) is 13.8 Å². The van der Waals surface area contributed by atoms with E-state index in [0.29, 0.717) is 25.1 Å². The molecule has 1 saturated heterocycles. The molecule has 2 amide bonds. The van der Waals surface area contributed by atoms with Gasteiger partial charge in [-0.3, -0.25) is 14.5 Å². The van der Waals surface area contributed by atoms with Crippen LogP contribution >= 0.6 is 11.8 Å². The summed E-state index contributed by atoms with van der Waals surface area (Å²) in [6, 6.07) is 7.67. The molecule has 1 fully saturated rings. The molecule has 0 aliphatic carbocycles. The highest BCUT2D eigenvalue weighted by atomic mass is 32.2. The van der Waals surface area contributed by atoms with Crippen LogP contribution in [-0.4, -0.2) is 21.8 Å². The molecule has 3 heterocycles. The third kappa shape index (κ3) is 2.07. The monoisotopic (exact) mass is 343 g/mol. The number of thioether (sulfide) groups is 1. The number of para-hydroxylation sites is 1. The molecule has 0 spiro atoms. The molecule has 0 saturated carbocycles. The number of aryl methyl sites for hydroxylation is 2. The van der Waals surface area contributed by atoms with Crippen LogP contribution in [0.5, 0.6) is 0 Å². The van der Waals surface area contributed by atoms with E-state index in [-0.39, 0.29) is 11.8 Å². The summed E-state index contributed by atoms with van der Waals surface area (Å²) in [6.45, 7) is 4.02. The Kier molecular flexibility index (Phi) is 3.42. The minimum atomic E-state index is -0.875. The van der Waals surface area contributed by atoms with E-state index < -0.39 is 4.87 Å². The maximum Gasteiger partial charge on any atom is 0.257 e. The molecule has 0 radical (unpaired) electrons. The van der Waals surface area contributed by atoms with Gasteiger partial charge in [0.15, 0.2) is 4.87 Å². The lowest BCUT2D eigenvalue weighted by Gasteiger charge is -2.29. The lowest BCUT2D eigenvalue weighted by molar-refractivity contribution is -0.124. The number of nitrogens with one attached hydrogen (secondary N) is 1. The van der Waals surface area contributed by atoms with E-state index in [2.05, 4.69) is 10.5 Å². The molecule has 6 nitrogen and oxygen atoms in total. The Morgan fingerprint density at radius 2 is 2.21 bits per heavy atom. The van der Waals surface area contributed by atoms with E-state index in [1.54, 1.807) is 4.90 Å². The number of fused-ring (bicyclic) bond motifs is 3. The summed E-state index contributed by atoms with van der Waals surface area (Å²) in [6.07, 6.45) is 0.901. The third-order valence-corrected chi connectivity index (χ3v) is 6.11. The zero-order chi connectivity index (χ0) is 16.9. The van der Waals surface area contributed by atoms with Gasteiger partial charge in [0.2, 0.25) is 5.91 Å². The second-order valence-electron chi connectivity index (χ2n) is 6.07. The molecule has 1 aromatic heterocycles. The van der Waals surface area contributed by atoms with Crippen molar-refractivity contribution in [3.8, 4) is 0 Å². The maximum atomic E-state index is 13.0. The number of aromatic nitrogens is 1. The van der Waals surface area contributed by atoms with E-state index in [0.717, 1.165) is 21.8 Å². The Bertz CT molecular complexity index is 828. The number of anilines is 1. The molecule has 124 valence electrons. The molecular formula is C17H17N3O3S. The van der Waals surface area contributed by atoms with Gasteiger partial charge in [0.05, 0.1) is 11.4 Å². The van der Waals surface area contributed by atoms with Gasteiger partial charge in [-0.05, 0) is 32.4 Å². The molecule has 2 aromatic rings. The van der Waals surface area contributed by atoms with Crippen LogP contribution in [-0.2, 0) is 16.1 Å². The van der Waals surface area contributed by atoms with Crippen LogP contribution in [0.2, 0.25) is 0 Å². The average Bonchev–Trinajstić information content (AvgIpc) is 3.19. The van der Waals surface area contributed by atoms with Gasteiger partial charge in [0.1, 0.15) is 5.76 Å². The van der Waals surface area contributed by atoms with Gasteiger partial charge < -0.3 is 9.84 Å². The summed E-state index contributed by atoms with van der Waals surface area (Å²) in [7, 11) is 0. The van der Waals surface area contributed by atoms with Crippen molar-refractivity contribution in [3.63, 3.8) is 0 Å². The number of amides is 2. The van der Waals surface area contributed by atoms with Gasteiger partial charge in [0, 0.05) is 23.4 Å². The minimum Gasteiger partial charge on any atom is -0.361 e. The molecule has 2 aliphatic rings. The van der Waals surface area contributed by atoms with Crippen LogP contribution in [0.15, 0.2) is 33.7 Å². The molecule has 0 bridgehead atoms. The fraction of sp³-hybridized carbons (Fsp3) is 0.353. The number of benzene rings is 1. The Hall–Kier alpha value is -2.28. The van der Waals surface area contributed by atoms with Gasteiger partial charge in [-0.2, -0.15) is 0 Å². The number of carbonyl (C=O) groups is 2. The second kappa shape index (κ2) is 5.37. The zero-order valence-corrected chi connectivity index (χ0v) is 14.3. The SMILES string of the molecule is Cc1noc(C)c1CNC(=O)[C@@]12CCC(=O)N1c1ccccc1S2. The van der Waals surface area contributed by atoms with Crippen molar-refractivity contribution in [2.45, 2.75) is 43.0 Å². The quantitative estimate of drug-likeness (QED) is 0.927. The highest BCUT2D eigenvalue weighted by Crippen LogP contribution is 2.55. The number of nitrogens with zero attached hydrogens (tertiary/aromatic N) is 2. The number of rotatable bonds is 3. The minimum absolute atomic E-state index is 0.0000566. The molecule has 1 atom stereocenters. The topological polar surface area (TPSA) is 75.4 Å². The molecule has 2 aliphatic heterocycles. The predicted octanol–water partition coefficient (Wildman–Crippen LogP) is 2.54. The fourth-order valence-corrected chi connectivity index (χ4v) is 4.79. The highest BCUT2D eigenvalue weighted by Gasteiger charge is 2.57. The molecule has 24 heavy (non-hydrogen) atoms. The standard InChI is InChI=1S/C17H17N3O3S/c1-10-12(11(2)23-19-10)9-18-16(22)17-8-7-15(21)20(17)13-5-3-4-6-14(13)24-17/h3-6H,7-9H2,1-2H3,(H,18,22)/t17-/m0/s1. The van der Waals surface area contributed by atoms with Crippen molar-refractivity contribution >= 4 is 29.3 Å². The normalized spacial score (nSPS) is 21.8. The van der Waals surface area contributed by atoms with Crippen molar-refractivity contribution in [2.75, 3.05) is 4.90 Å². The van der Waals surface area contributed by atoms with Crippen LogP contribution in [0.25, 0.3) is 0 Å². The lowest BCUT2D eigenvalue weighted by atomic mass is 10.1. The summed E-state index contributed by atoms with van der Waals surface area (Å²) >= 11 is 1.47. The first-order valence-corrected chi connectivity index (χ1v) is 8.66. The molecule has 0 unspecified atom stereocenters. The van der Waals surface area contributed by atoms with Gasteiger partial charge in [-0.1, -0.05) is 29.1 Å². The smallest absolute Gasteiger partial charge is 0.257 e. The summed E-state index contributed by atoms with van der Waals surface area (Å²) in [5, 5.41) is 6.88. The molecular weight excluding hydrogens is 326 g/mol. The molecule has 1 aromatic carbocycles. The van der Waals surface area contributed by atoms with Crippen molar-refractivity contribution in [1.29, 1.82) is 0 Å². The van der Waals surface area contributed by atoms with Gasteiger partial charge in [0.25, 0.3) is 5.91 Å². The Labute approximate surface area is 143 Å². The Balaban J connectivity index is 1.61. The van der Waals surface area contributed by atoms with E-state index in [9.17, 15) is 9.59 Å². The van der Waals surface area contributed by atoms with Gasteiger partial charge >= 0.3 is 0 Å². The van der Waals surface area contributed by atoms with Crippen molar-refractivity contribution in [1.82, 2.24) is 10.5 Å². The number of carbonyl (C=O) groups excluding carboxylic acids is 2. The number of hydrogen-bond acceptors (Lipinski definition) is 5. The Morgan fingerprint density at radius 1 is 1.42 bits per heavy atom. The van der Waals surface area contributed by atoms with Gasteiger partial charge in [-0.15, -0.1) is 0 Å². The first-order chi connectivity index (χ1) is 11.5. The molecule has 7 heteroatoms. The molecule has 1 N–H and O–H groups in total. The lowest BCUT2D eigenvalue weighted by Crippen LogP contribution is -2.52. The Morgan fingerprint density at radius 3 is 2.96 bits per heavy atom. The summed E-state index contributed by atoms with van der Waals surface area (Å²) < 4.78 is 5.13. The largest absolute Gasteiger partial charge is 0.361 e. The van der Waals surface area contributed by atoms with Crippen LogP contribution in [0.4, 0.5) is 5.69 Å². The summed E-state index contributed by atoms with van der Waals surface area (Å²) in [4.78, 5) is 27.1. The molecule has 4 rings (SSSR count). The summed E-state index contributed by atoms with van der Waals surface area (Å²) in [5.41, 5.74) is 2.49. The van der Waals surface area contributed by atoms with Gasteiger partial charge in [-0.25, -0.2) is 0 Å². The van der Waals surface area contributed by atoms with E-state index in [4.69, 9.17) is 4.52 Å². The second-order valence-corrected chi connectivity index (χ2v) is 7.39. The van der Waals surface area contributed by atoms with Crippen LogP contribution in [0.1, 0.15) is 29.9 Å². The number of hydrogen-bond donors (Lipinski definition) is 1. The highest BCUT2D eigenvalue weighted by molar-refractivity contribution is 8.02. The first kappa shape index (κ1) is 15.3. The first-order valence-electron chi connectivity index (χ1n) is 7.84. The van der Waals surface area contributed by atoms with Crippen LogP contribution < -0.4 is 10.2 Å². The van der Waals surface area contributed by atoms with E-state index in [1.165, 1.54) is 11.8 Å². The summed E-state index contributed by atoms with van der Waals surface area (Å²) in [5.74, 6) is 0.557. The van der Waals surface area contributed by atoms with Crippen molar-refractivity contribution in [2.24, 2.45) is 0 Å². The van der Waals surface area contributed by atoms with Crippen molar-refractivity contribution in [3.05, 3.63) is 41.3 Å². The van der Waals surface area contributed by atoms with E-state index >= 15 is 0 Å². The average molecular weight is 343 g/mol. The van der Waals surface area contributed by atoms with Crippen molar-refractivity contribution < 1.29 is 14.1 Å². The zero-order valence-electron chi connectivity index (χ0n) is 13.5. The van der Waals surface area contributed by atoms with E-state index in [1.807, 2.05) is 38.1 Å². The third-order valence-electron chi connectivity index (χ3n) is 4.64.